The van der Waals surface area contributed by atoms with Crippen LogP contribution in [0.1, 0.15) is 91.8 Å². The maximum absolute atomic E-state index is 13.7. The summed E-state index contributed by atoms with van der Waals surface area (Å²) < 4.78 is 5.31. The Bertz CT molecular complexity index is 852. The van der Waals surface area contributed by atoms with E-state index in [0.29, 0.717) is 12.1 Å². The molecule has 190 valence electrons. The minimum atomic E-state index is -0.896. The number of nitrogens with zero attached hydrogens (tertiary/aromatic N) is 1. The molecule has 3 amide bonds. The summed E-state index contributed by atoms with van der Waals surface area (Å²) in [7, 11) is 0. The van der Waals surface area contributed by atoms with Crippen molar-refractivity contribution >= 4 is 24.0 Å². The first-order chi connectivity index (χ1) is 15.7. The number of carbonyl (C=O) groups is 3. The number of nitrogens with one attached hydrogen (secondary N) is 2. The van der Waals surface area contributed by atoms with E-state index >= 15 is 0 Å². The lowest BCUT2D eigenvalue weighted by molar-refractivity contribution is -0.148. The van der Waals surface area contributed by atoms with Gasteiger partial charge in [0.15, 0.2) is 0 Å². The summed E-state index contributed by atoms with van der Waals surface area (Å²) in [5.41, 5.74) is 0.125. The molecular formula is C27H43N3O4. The van der Waals surface area contributed by atoms with Crippen LogP contribution in [0.25, 0.3) is 6.08 Å². The number of amides is 3. The fraction of sp³-hybridized carbons (Fsp3) is 0.593. The standard InChI is InChI=1S/C27H43N3O4/c1-10-12-13-17-28-23(31)22(21-16-14-15-20(11-2)18-21)30(26(4,5)6)24(32)19(3)29-25(33)34-27(7,8)9/h11,14-16,18-19,22H,2,10,12-13,17H2,1,3-9H3,(H,28,31)(H,29,33). The van der Waals surface area contributed by atoms with E-state index in [1.807, 2.05) is 45.0 Å². The topological polar surface area (TPSA) is 87.7 Å². The van der Waals surface area contributed by atoms with Crippen LogP contribution in [0.5, 0.6) is 0 Å². The summed E-state index contributed by atoms with van der Waals surface area (Å²) in [6, 6.07) is 5.66. The van der Waals surface area contributed by atoms with Gasteiger partial charge >= 0.3 is 6.09 Å². The molecule has 0 aromatic heterocycles. The van der Waals surface area contributed by atoms with Crippen LogP contribution < -0.4 is 10.6 Å². The zero-order valence-electron chi connectivity index (χ0n) is 22.2. The molecular weight excluding hydrogens is 430 g/mol. The average Bonchev–Trinajstić information content (AvgIpc) is 2.72. The van der Waals surface area contributed by atoms with Crippen molar-refractivity contribution in [2.24, 2.45) is 0 Å². The second-order valence-electron chi connectivity index (χ2n) is 10.5. The average molecular weight is 474 g/mol. The van der Waals surface area contributed by atoms with E-state index in [1.54, 1.807) is 38.7 Å². The van der Waals surface area contributed by atoms with E-state index in [9.17, 15) is 14.4 Å². The lowest BCUT2D eigenvalue weighted by Crippen LogP contribution is -2.58. The predicted octanol–water partition coefficient (Wildman–Crippen LogP) is 5.22. The van der Waals surface area contributed by atoms with Gasteiger partial charge in [-0.05, 0) is 72.1 Å². The third-order valence-electron chi connectivity index (χ3n) is 5.11. The van der Waals surface area contributed by atoms with Crippen molar-refractivity contribution < 1.29 is 19.1 Å². The van der Waals surface area contributed by atoms with Crippen LogP contribution in [-0.2, 0) is 14.3 Å². The zero-order chi connectivity index (χ0) is 26.1. The van der Waals surface area contributed by atoms with Crippen LogP contribution >= 0.6 is 0 Å². The van der Waals surface area contributed by atoms with E-state index in [4.69, 9.17) is 4.74 Å². The molecule has 0 aliphatic rings. The van der Waals surface area contributed by atoms with E-state index < -0.39 is 29.3 Å². The van der Waals surface area contributed by atoms with Gasteiger partial charge in [0.2, 0.25) is 11.8 Å². The zero-order valence-corrected chi connectivity index (χ0v) is 22.2. The molecule has 1 rings (SSSR count). The van der Waals surface area contributed by atoms with Crippen LogP contribution in [0, 0.1) is 0 Å². The first kappa shape index (κ1) is 29.2. The minimum Gasteiger partial charge on any atom is -0.444 e. The van der Waals surface area contributed by atoms with Crippen molar-refractivity contribution in [3.8, 4) is 0 Å². The Morgan fingerprint density at radius 3 is 2.29 bits per heavy atom. The van der Waals surface area contributed by atoms with E-state index in [2.05, 4.69) is 24.1 Å². The third-order valence-corrected chi connectivity index (χ3v) is 5.11. The smallest absolute Gasteiger partial charge is 0.408 e. The highest BCUT2D eigenvalue weighted by Crippen LogP contribution is 2.30. The van der Waals surface area contributed by atoms with Crippen molar-refractivity contribution in [2.75, 3.05) is 6.54 Å². The van der Waals surface area contributed by atoms with Gasteiger partial charge in [-0.25, -0.2) is 4.79 Å². The van der Waals surface area contributed by atoms with Crippen LogP contribution in [-0.4, -0.2) is 46.5 Å². The Labute approximate surface area is 205 Å². The molecule has 0 bridgehead atoms. The maximum atomic E-state index is 13.7. The molecule has 0 fully saturated rings. The fourth-order valence-corrected chi connectivity index (χ4v) is 3.56. The van der Waals surface area contributed by atoms with Crippen LogP contribution in [0.2, 0.25) is 0 Å². The first-order valence-corrected chi connectivity index (χ1v) is 12.0. The SMILES string of the molecule is C=Cc1cccc(C(C(=O)NCCCCC)N(C(=O)C(C)NC(=O)OC(C)(C)C)C(C)(C)C)c1. The highest BCUT2D eigenvalue weighted by Gasteiger charge is 2.40. The van der Waals surface area contributed by atoms with Crippen molar-refractivity contribution in [3.05, 3.63) is 42.0 Å². The number of hydrogen-bond donors (Lipinski definition) is 2. The van der Waals surface area contributed by atoms with Crippen LogP contribution in [0.15, 0.2) is 30.8 Å². The first-order valence-electron chi connectivity index (χ1n) is 12.0. The van der Waals surface area contributed by atoms with E-state index in [-0.39, 0.29) is 11.8 Å². The van der Waals surface area contributed by atoms with E-state index in [0.717, 1.165) is 24.8 Å². The van der Waals surface area contributed by atoms with E-state index in [1.165, 1.54) is 0 Å². The van der Waals surface area contributed by atoms with Gasteiger partial charge in [0.05, 0.1) is 0 Å². The molecule has 7 nitrogen and oxygen atoms in total. The predicted molar refractivity (Wildman–Crippen MR) is 137 cm³/mol. The molecule has 2 N–H and O–H groups in total. The van der Waals surface area contributed by atoms with Crippen LogP contribution in [0.3, 0.4) is 0 Å². The fourth-order valence-electron chi connectivity index (χ4n) is 3.56. The molecule has 34 heavy (non-hydrogen) atoms. The summed E-state index contributed by atoms with van der Waals surface area (Å²) in [6.07, 6.45) is 3.94. The molecule has 0 radical (unpaired) electrons. The molecule has 0 aliphatic carbocycles. The van der Waals surface area contributed by atoms with Gasteiger partial charge in [-0.1, -0.05) is 50.6 Å². The summed E-state index contributed by atoms with van der Waals surface area (Å²) >= 11 is 0. The Kier molecular flexibility index (Phi) is 10.8. The van der Waals surface area contributed by atoms with Gasteiger partial charge in [-0.2, -0.15) is 0 Å². The Balaban J connectivity index is 3.36. The van der Waals surface area contributed by atoms with Crippen molar-refractivity contribution in [2.45, 2.75) is 97.9 Å². The molecule has 1 aromatic rings. The van der Waals surface area contributed by atoms with Gasteiger partial charge in [0.1, 0.15) is 17.7 Å². The molecule has 2 atom stereocenters. The molecule has 7 heteroatoms. The number of alkyl carbamates (subject to hydrolysis) is 1. The second kappa shape index (κ2) is 12.6. The summed E-state index contributed by atoms with van der Waals surface area (Å²) in [6.45, 7) is 18.9. The summed E-state index contributed by atoms with van der Waals surface area (Å²) in [5.74, 6) is -0.638. The van der Waals surface area contributed by atoms with Gasteiger partial charge in [-0.15, -0.1) is 0 Å². The number of carbonyl (C=O) groups excluding carboxylic acids is 3. The number of benzene rings is 1. The van der Waals surface area contributed by atoms with Crippen LogP contribution in [0.4, 0.5) is 4.79 Å². The molecule has 0 heterocycles. The largest absolute Gasteiger partial charge is 0.444 e. The molecule has 0 saturated heterocycles. The number of rotatable bonds is 10. The Morgan fingerprint density at radius 2 is 1.76 bits per heavy atom. The lowest BCUT2D eigenvalue weighted by atomic mass is 9.94. The summed E-state index contributed by atoms with van der Waals surface area (Å²) in [5, 5.41) is 5.62. The quantitative estimate of drug-likeness (QED) is 0.456. The Morgan fingerprint density at radius 1 is 1.12 bits per heavy atom. The van der Waals surface area contributed by atoms with Gasteiger partial charge in [0, 0.05) is 12.1 Å². The second-order valence-corrected chi connectivity index (χ2v) is 10.5. The van der Waals surface area contributed by atoms with Crippen molar-refractivity contribution in [1.82, 2.24) is 15.5 Å². The molecule has 2 unspecified atom stereocenters. The Hall–Kier alpha value is -2.83. The monoisotopic (exact) mass is 473 g/mol. The minimum absolute atomic E-state index is 0.259. The van der Waals surface area contributed by atoms with Gasteiger partial charge in [-0.3, -0.25) is 9.59 Å². The molecule has 0 aliphatic heterocycles. The molecule has 1 aromatic carbocycles. The lowest BCUT2D eigenvalue weighted by Gasteiger charge is -2.42. The maximum Gasteiger partial charge on any atom is 0.408 e. The van der Waals surface area contributed by atoms with Gasteiger partial charge in [0.25, 0.3) is 0 Å². The highest BCUT2D eigenvalue weighted by molar-refractivity contribution is 5.92. The number of hydrogen-bond acceptors (Lipinski definition) is 4. The number of ether oxygens (including phenoxy) is 1. The number of unbranched alkanes of at least 4 members (excludes halogenated alkanes) is 2. The third kappa shape index (κ3) is 9.20. The van der Waals surface area contributed by atoms with Gasteiger partial charge < -0.3 is 20.3 Å². The summed E-state index contributed by atoms with van der Waals surface area (Å²) in [4.78, 5) is 41.0. The highest BCUT2D eigenvalue weighted by atomic mass is 16.6. The normalized spacial score (nSPS) is 13.4. The van der Waals surface area contributed by atoms with Crippen molar-refractivity contribution in [3.63, 3.8) is 0 Å². The molecule has 0 spiro atoms. The van der Waals surface area contributed by atoms with Crippen molar-refractivity contribution in [1.29, 1.82) is 0 Å². The molecule has 0 saturated carbocycles.